The molecule has 25 heavy (non-hydrogen) atoms. The van der Waals surface area contributed by atoms with Gasteiger partial charge in [0, 0.05) is 13.6 Å². The van der Waals surface area contributed by atoms with Gasteiger partial charge in [0.1, 0.15) is 5.60 Å². The minimum atomic E-state index is -0.585. The number of hydrogen-bond donors (Lipinski definition) is 0. The molecule has 6 nitrogen and oxygen atoms in total. The van der Waals surface area contributed by atoms with Crippen LogP contribution in [0.15, 0.2) is 30.3 Å². The number of nitrogens with zero attached hydrogens (tertiary/aromatic N) is 2. The summed E-state index contributed by atoms with van der Waals surface area (Å²) in [6.07, 6.45) is 1.02. The van der Waals surface area contributed by atoms with Gasteiger partial charge in [-0.05, 0) is 39.2 Å². The predicted octanol–water partition coefficient (Wildman–Crippen LogP) is 3.39. The largest absolute Gasteiger partial charge is 0.444 e. The van der Waals surface area contributed by atoms with Crippen molar-refractivity contribution in [1.82, 2.24) is 9.96 Å². The Morgan fingerprint density at radius 3 is 2.36 bits per heavy atom. The molecular weight excluding hydrogens is 320 g/mol. The number of rotatable bonds is 3. The SMILES string of the molecule is CON(C)C(=O)C1CCC(c2ccccc2)N(C(=O)OC(C)(C)C)C1. The highest BCUT2D eigenvalue weighted by atomic mass is 16.7. The molecule has 1 aromatic rings. The maximum atomic E-state index is 12.8. The van der Waals surface area contributed by atoms with E-state index in [1.807, 2.05) is 51.1 Å². The third kappa shape index (κ3) is 4.95. The van der Waals surface area contributed by atoms with Gasteiger partial charge in [0.05, 0.1) is 19.1 Å². The van der Waals surface area contributed by atoms with E-state index in [0.717, 1.165) is 5.56 Å². The lowest BCUT2D eigenvalue weighted by Crippen LogP contribution is -2.48. The summed E-state index contributed by atoms with van der Waals surface area (Å²) in [5.74, 6) is -0.417. The molecule has 0 saturated carbocycles. The van der Waals surface area contributed by atoms with Crippen LogP contribution in [0, 0.1) is 5.92 Å². The van der Waals surface area contributed by atoms with E-state index in [1.165, 1.54) is 12.2 Å². The van der Waals surface area contributed by atoms with E-state index in [2.05, 4.69) is 0 Å². The molecule has 2 amide bonds. The van der Waals surface area contributed by atoms with Crippen LogP contribution in [0.25, 0.3) is 0 Å². The van der Waals surface area contributed by atoms with Crippen LogP contribution in [-0.2, 0) is 14.4 Å². The normalized spacial score (nSPS) is 20.9. The first-order valence-corrected chi connectivity index (χ1v) is 8.59. The van der Waals surface area contributed by atoms with Crippen LogP contribution >= 0.6 is 0 Å². The molecule has 1 saturated heterocycles. The Balaban J connectivity index is 2.23. The third-order valence-electron chi connectivity index (χ3n) is 4.33. The zero-order valence-electron chi connectivity index (χ0n) is 15.7. The predicted molar refractivity (Wildman–Crippen MR) is 94.6 cm³/mol. The van der Waals surface area contributed by atoms with Gasteiger partial charge in [-0.25, -0.2) is 9.86 Å². The molecular formula is C19H28N2O4. The zero-order valence-corrected chi connectivity index (χ0v) is 15.7. The van der Waals surface area contributed by atoms with E-state index >= 15 is 0 Å². The Labute approximate surface area is 149 Å². The van der Waals surface area contributed by atoms with Crippen LogP contribution in [0.2, 0.25) is 0 Å². The number of likely N-dealkylation sites (tertiary alicyclic amines) is 1. The molecule has 0 N–H and O–H groups in total. The molecule has 0 aromatic heterocycles. The fourth-order valence-electron chi connectivity index (χ4n) is 3.06. The van der Waals surface area contributed by atoms with Gasteiger partial charge in [-0.3, -0.25) is 9.63 Å². The van der Waals surface area contributed by atoms with Gasteiger partial charge in [0.2, 0.25) is 0 Å². The highest BCUT2D eigenvalue weighted by Crippen LogP contribution is 2.35. The maximum Gasteiger partial charge on any atom is 0.410 e. The van der Waals surface area contributed by atoms with Crippen LogP contribution in [0.4, 0.5) is 4.79 Å². The average molecular weight is 348 g/mol. The Morgan fingerprint density at radius 1 is 1.16 bits per heavy atom. The van der Waals surface area contributed by atoms with Crippen LogP contribution in [0.1, 0.15) is 45.2 Å². The van der Waals surface area contributed by atoms with Crippen molar-refractivity contribution in [2.45, 2.75) is 45.3 Å². The van der Waals surface area contributed by atoms with Crippen molar-refractivity contribution in [3.05, 3.63) is 35.9 Å². The summed E-state index contributed by atoms with van der Waals surface area (Å²) in [5, 5.41) is 1.22. The smallest absolute Gasteiger partial charge is 0.410 e. The number of piperidine rings is 1. The summed E-state index contributed by atoms with van der Waals surface area (Å²) < 4.78 is 5.57. The van der Waals surface area contributed by atoms with Gasteiger partial charge in [0.15, 0.2) is 0 Å². The Hall–Kier alpha value is -2.08. The molecule has 0 radical (unpaired) electrons. The minimum absolute atomic E-state index is 0.0899. The Bertz CT molecular complexity index is 597. The van der Waals surface area contributed by atoms with Crippen molar-refractivity contribution in [2.24, 2.45) is 5.92 Å². The van der Waals surface area contributed by atoms with Gasteiger partial charge in [-0.15, -0.1) is 0 Å². The molecule has 2 atom stereocenters. The molecule has 1 fully saturated rings. The summed E-state index contributed by atoms with van der Waals surface area (Å²) in [5.41, 5.74) is 0.470. The lowest BCUT2D eigenvalue weighted by molar-refractivity contribution is -0.175. The Morgan fingerprint density at radius 2 is 1.80 bits per heavy atom. The fourth-order valence-corrected chi connectivity index (χ4v) is 3.06. The van der Waals surface area contributed by atoms with E-state index in [4.69, 9.17) is 9.57 Å². The number of hydroxylamine groups is 2. The summed E-state index contributed by atoms with van der Waals surface area (Å²) >= 11 is 0. The van der Waals surface area contributed by atoms with E-state index in [-0.39, 0.29) is 24.0 Å². The van der Waals surface area contributed by atoms with Crippen LogP contribution in [-0.4, -0.2) is 48.3 Å². The molecule has 138 valence electrons. The summed E-state index contributed by atoms with van der Waals surface area (Å²) in [6, 6.07) is 9.78. The maximum absolute atomic E-state index is 12.8. The van der Waals surface area contributed by atoms with Crippen molar-refractivity contribution in [2.75, 3.05) is 20.7 Å². The second-order valence-corrected chi connectivity index (χ2v) is 7.35. The van der Waals surface area contributed by atoms with Crippen molar-refractivity contribution in [1.29, 1.82) is 0 Å². The van der Waals surface area contributed by atoms with Crippen molar-refractivity contribution in [3.8, 4) is 0 Å². The molecule has 0 spiro atoms. The first-order valence-electron chi connectivity index (χ1n) is 8.59. The Kier molecular flexibility index (Phi) is 6.06. The summed E-state index contributed by atoms with van der Waals surface area (Å²) in [7, 11) is 3.04. The van der Waals surface area contributed by atoms with E-state index in [9.17, 15) is 9.59 Å². The standard InChI is InChI=1S/C19H28N2O4/c1-19(2,3)25-18(23)21-13-15(17(22)20(4)24-5)11-12-16(21)14-9-7-6-8-10-14/h6-10,15-16H,11-13H2,1-5H3. The van der Waals surface area contributed by atoms with Crippen LogP contribution < -0.4 is 0 Å². The van der Waals surface area contributed by atoms with Gasteiger partial charge >= 0.3 is 6.09 Å². The highest BCUT2D eigenvalue weighted by molar-refractivity contribution is 5.79. The topological polar surface area (TPSA) is 59.1 Å². The molecule has 1 heterocycles. The van der Waals surface area contributed by atoms with Gasteiger partial charge in [-0.1, -0.05) is 30.3 Å². The fraction of sp³-hybridized carbons (Fsp3) is 0.579. The average Bonchev–Trinajstić information content (AvgIpc) is 2.59. The molecule has 0 bridgehead atoms. The van der Waals surface area contributed by atoms with Gasteiger partial charge in [0.25, 0.3) is 5.91 Å². The van der Waals surface area contributed by atoms with Crippen LogP contribution in [0.5, 0.6) is 0 Å². The lowest BCUT2D eigenvalue weighted by Gasteiger charge is -2.40. The molecule has 1 aromatic carbocycles. The van der Waals surface area contributed by atoms with Crippen molar-refractivity contribution in [3.63, 3.8) is 0 Å². The molecule has 2 unspecified atom stereocenters. The molecule has 2 rings (SSSR count). The van der Waals surface area contributed by atoms with E-state index in [1.54, 1.807) is 11.9 Å². The first-order chi connectivity index (χ1) is 11.7. The number of carbonyl (C=O) groups is 2. The second-order valence-electron chi connectivity index (χ2n) is 7.35. The third-order valence-corrected chi connectivity index (χ3v) is 4.33. The molecule has 1 aliphatic heterocycles. The summed E-state index contributed by atoms with van der Waals surface area (Å²) in [4.78, 5) is 31.9. The number of amides is 2. The van der Waals surface area contributed by atoms with Crippen molar-refractivity contribution >= 4 is 12.0 Å². The second kappa shape index (κ2) is 7.87. The summed E-state index contributed by atoms with van der Waals surface area (Å²) in [6.45, 7) is 5.84. The molecule has 1 aliphatic rings. The van der Waals surface area contributed by atoms with E-state index in [0.29, 0.717) is 19.4 Å². The number of benzene rings is 1. The number of hydrogen-bond acceptors (Lipinski definition) is 4. The quantitative estimate of drug-likeness (QED) is 0.786. The number of carbonyl (C=O) groups excluding carboxylic acids is 2. The van der Waals surface area contributed by atoms with Gasteiger partial charge in [-0.2, -0.15) is 0 Å². The molecule has 0 aliphatic carbocycles. The highest BCUT2D eigenvalue weighted by Gasteiger charge is 2.38. The zero-order chi connectivity index (χ0) is 18.6. The van der Waals surface area contributed by atoms with Crippen molar-refractivity contribution < 1.29 is 19.2 Å². The number of ether oxygens (including phenoxy) is 1. The first kappa shape index (κ1) is 19.2. The van der Waals surface area contributed by atoms with Gasteiger partial charge < -0.3 is 9.64 Å². The minimum Gasteiger partial charge on any atom is -0.444 e. The lowest BCUT2D eigenvalue weighted by atomic mass is 9.88. The molecule has 6 heteroatoms. The van der Waals surface area contributed by atoms with Crippen LogP contribution in [0.3, 0.4) is 0 Å². The monoisotopic (exact) mass is 348 g/mol. The van der Waals surface area contributed by atoms with E-state index < -0.39 is 5.60 Å².